The molecule has 1 N–H and O–H groups in total. The van der Waals surface area contributed by atoms with Gasteiger partial charge in [0.2, 0.25) is 5.91 Å². The summed E-state index contributed by atoms with van der Waals surface area (Å²) in [6.07, 6.45) is 2.71. The number of nitrogens with zero attached hydrogens (tertiary/aromatic N) is 4. The van der Waals surface area contributed by atoms with E-state index >= 15 is 0 Å². The first-order valence-electron chi connectivity index (χ1n) is 7.84. The van der Waals surface area contributed by atoms with Crippen LogP contribution < -0.4 is 5.32 Å². The van der Waals surface area contributed by atoms with Gasteiger partial charge in [0.25, 0.3) is 0 Å². The highest BCUT2D eigenvalue weighted by molar-refractivity contribution is 7.13. The van der Waals surface area contributed by atoms with E-state index in [-0.39, 0.29) is 17.7 Å². The van der Waals surface area contributed by atoms with Gasteiger partial charge in [-0.15, -0.1) is 11.3 Å². The summed E-state index contributed by atoms with van der Waals surface area (Å²) in [5, 5.41) is 5.95. The third-order valence-electron chi connectivity index (χ3n) is 3.94. The van der Waals surface area contributed by atoms with Crippen molar-refractivity contribution < 1.29 is 4.79 Å². The van der Waals surface area contributed by atoms with Crippen LogP contribution in [0.15, 0.2) is 17.6 Å². The lowest BCUT2D eigenvalue weighted by Gasteiger charge is -2.18. The van der Waals surface area contributed by atoms with Gasteiger partial charge in [-0.25, -0.2) is 15.0 Å². The zero-order valence-electron chi connectivity index (χ0n) is 13.6. The van der Waals surface area contributed by atoms with Gasteiger partial charge < -0.3 is 10.2 Å². The second-order valence-corrected chi connectivity index (χ2v) is 7.01. The maximum Gasteiger partial charge on any atom is 0.225 e. The SMILES string of the molecule is Cc1nc(Nc2nccs2)cc([C@H]2CCN(C(=O)C(C)C)C2)n1. The second-order valence-electron chi connectivity index (χ2n) is 6.11. The number of hydrogen-bond donors (Lipinski definition) is 1. The fraction of sp³-hybridized carbons (Fsp3) is 0.500. The van der Waals surface area contributed by atoms with Crippen LogP contribution >= 0.6 is 11.3 Å². The number of thiazole rings is 1. The maximum absolute atomic E-state index is 12.1. The molecule has 0 aromatic carbocycles. The van der Waals surface area contributed by atoms with Gasteiger partial charge in [-0.1, -0.05) is 13.8 Å². The Morgan fingerprint density at radius 1 is 1.43 bits per heavy atom. The van der Waals surface area contributed by atoms with Crippen molar-refractivity contribution in [3.63, 3.8) is 0 Å². The highest BCUT2D eigenvalue weighted by Gasteiger charge is 2.29. The molecule has 0 saturated carbocycles. The molecule has 1 aliphatic rings. The number of aryl methyl sites for hydroxylation is 1. The lowest BCUT2D eigenvalue weighted by atomic mass is 10.0. The van der Waals surface area contributed by atoms with Gasteiger partial charge in [0.1, 0.15) is 11.6 Å². The van der Waals surface area contributed by atoms with Crippen molar-refractivity contribution in [1.82, 2.24) is 19.9 Å². The lowest BCUT2D eigenvalue weighted by Crippen LogP contribution is -2.32. The largest absolute Gasteiger partial charge is 0.342 e. The van der Waals surface area contributed by atoms with Crippen molar-refractivity contribution in [1.29, 1.82) is 0 Å². The monoisotopic (exact) mass is 331 g/mol. The van der Waals surface area contributed by atoms with Crippen molar-refractivity contribution in [2.75, 3.05) is 18.4 Å². The molecule has 23 heavy (non-hydrogen) atoms. The minimum Gasteiger partial charge on any atom is -0.342 e. The van der Waals surface area contributed by atoms with Crippen LogP contribution in [0.3, 0.4) is 0 Å². The molecular formula is C16H21N5OS. The number of likely N-dealkylation sites (tertiary alicyclic amines) is 1. The zero-order valence-corrected chi connectivity index (χ0v) is 14.4. The van der Waals surface area contributed by atoms with Crippen LogP contribution in [0, 0.1) is 12.8 Å². The van der Waals surface area contributed by atoms with E-state index < -0.39 is 0 Å². The van der Waals surface area contributed by atoms with Gasteiger partial charge in [0, 0.05) is 42.6 Å². The first-order valence-corrected chi connectivity index (χ1v) is 8.72. The molecule has 3 heterocycles. The third-order valence-corrected chi connectivity index (χ3v) is 4.63. The molecule has 1 atom stereocenters. The van der Waals surface area contributed by atoms with Crippen LogP contribution in [0.25, 0.3) is 0 Å². The Bertz CT molecular complexity index is 686. The Morgan fingerprint density at radius 3 is 2.96 bits per heavy atom. The fourth-order valence-electron chi connectivity index (χ4n) is 2.83. The Labute approximate surface area is 140 Å². The van der Waals surface area contributed by atoms with Crippen LogP contribution in [-0.2, 0) is 4.79 Å². The highest BCUT2D eigenvalue weighted by Crippen LogP contribution is 2.29. The number of carbonyl (C=O) groups excluding carboxylic acids is 1. The molecule has 1 amide bonds. The van der Waals surface area contributed by atoms with Crippen molar-refractivity contribution in [2.24, 2.45) is 5.92 Å². The number of hydrogen-bond acceptors (Lipinski definition) is 6. The van der Waals surface area contributed by atoms with Crippen molar-refractivity contribution in [2.45, 2.75) is 33.1 Å². The van der Waals surface area contributed by atoms with E-state index in [1.165, 1.54) is 11.3 Å². The summed E-state index contributed by atoms with van der Waals surface area (Å²) in [4.78, 5) is 27.3. The summed E-state index contributed by atoms with van der Waals surface area (Å²) in [7, 11) is 0. The van der Waals surface area contributed by atoms with E-state index in [4.69, 9.17) is 0 Å². The summed E-state index contributed by atoms with van der Waals surface area (Å²) in [5.74, 6) is 2.03. The second kappa shape index (κ2) is 6.62. The van der Waals surface area contributed by atoms with Crippen LogP contribution in [0.5, 0.6) is 0 Å². The summed E-state index contributed by atoms with van der Waals surface area (Å²) < 4.78 is 0. The average molecular weight is 331 g/mol. The molecule has 0 spiro atoms. The zero-order chi connectivity index (χ0) is 16.4. The first-order chi connectivity index (χ1) is 11.0. The lowest BCUT2D eigenvalue weighted by molar-refractivity contribution is -0.133. The summed E-state index contributed by atoms with van der Waals surface area (Å²) in [5.41, 5.74) is 0.996. The molecule has 2 aromatic rings. The van der Waals surface area contributed by atoms with Crippen LogP contribution in [0.1, 0.15) is 37.7 Å². The number of amides is 1. The molecule has 122 valence electrons. The molecular weight excluding hydrogens is 310 g/mol. The van der Waals surface area contributed by atoms with E-state index in [9.17, 15) is 4.79 Å². The van der Waals surface area contributed by atoms with E-state index in [0.717, 1.165) is 42.0 Å². The van der Waals surface area contributed by atoms with E-state index in [1.807, 2.05) is 37.1 Å². The Morgan fingerprint density at radius 2 is 2.26 bits per heavy atom. The van der Waals surface area contributed by atoms with Crippen molar-refractivity contribution >= 4 is 28.2 Å². The molecule has 1 saturated heterocycles. The van der Waals surface area contributed by atoms with Crippen LogP contribution in [0.2, 0.25) is 0 Å². The minimum absolute atomic E-state index is 0.0445. The van der Waals surface area contributed by atoms with Crippen LogP contribution in [-0.4, -0.2) is 38.8 Å². The van der Waals surface area contributed by atoms with Crippen molar-refractivity contribution in [3.05, 3.63) is 29.2 Å². The Hall–Kier alpha value is -2.02. The Kier molecular flexibility index (Phi) is 4.56. The van der Waals surface area contributed by atoms with Gasteiger partial charge in [-0.3, -0.25) is 4.79 Å². The predicted octanol–water partition coefficient (Wildman–Crippen LogP) is 2.96. The molecule has 0 aliphatic carbocycles. The third kappa shape index (κ3) is 3.67. The molecule has 0 bridgehead atoms. The fourth-order valence-corrected chi connectivity index (χ4v) is 3.36. The van der Waals surface area contributed by atoms with Crippen LogP contribution in [0.4, 0.5) is 10.9 Å². The quantitative estimate of drug-likeness (QED) is 0.932. The molecule has 1 aliphatic heterocycles. The smallest absolute Gasteiger partial charge is 0.225 e. The molecule has 0 unspecified atom stereocenters. The number of rotatable bonds is 4. The van der Waals surface area contributed by atoms with Gasteiger partial charge >= 0.3 is 0 Å². The summed E-state index contributed by atoms with van der Waals surface area (Å²) >= 11 is 1.53. The molecule has 7 heteroatoms. The van der Waals surface area contributed by atoms with Gasteiger partial charge in [-0.2, -0.15) is 0 Å². The molecule has 1 fully saturated rings. The van der Waals surface area contributed by atoms with E-state index in [0.29, 0.717) is 0 Å². The summed E-state index contributed by atoms with van der Waals surface area (Å²) in [6, 6.07) is 1.97. The molecule has 6 nitrogen and oxygen atoms in total. The van der Waals surface area contributed by atoms with E-state index in [2.05, 4.69) is 20.3 Å². The first kappa shape index (κ1) is 15.9. The van der Waals surface area contributed by atoms with Crippen molar-refractivity contribution in [3.8, 4) is 0 Å². The van der Waals surface area contributed by atoms with Gasteiger partial charge in [0.15, 0.2) is 5.13 Å². The molecule has 2 aromatic heterocycles. The number of anilines is 2. The van der Waals surface area contributed by atoms with Gasteiger partial charge in [-0.05, 0) is 13.3 Å². The predicted molar refractivity (Wildman–Crippen MR) is 90.9 cm³/mol. The standard InChI is InChI=1S/C16H21N5OS/c1-10(2)15(22)21-6-4-12(9-21)13-8-14(19-11(3)18-13)20-16-17-5-7-23-16/h5,7-8,10,12H,4,6,9H2,1-3H3,(H,17,18,19,20)/t12-/m0/s1. The molecule has 3 rings (SSSR count). The molecule has 0 radical (unpaired) electrons. The van der Waals surface area contributed by atoms with E-state index in [1.54, 1.807) is 6.20 Å². The number of carbonyl (C=O) groups is 1. The topological polar surface area (TPSA) is 71.0 Å². The van der Waals surface area contributed by atoms with Gasteiger partial charge in [0.05, 0.1) is 5.69 Å². The number of aromatic nitrogens is 3. The average Bonchev–Trinajstić information content (AvgIpc) is 3.16. The minimum atomic E-state index is 0.0445. The number of nitrogens with one attached hydrogen (secondary N) is 1. The summed E-state index contributed by atoms with van der Waals surface area (Å²) in [6.45, 7) is 7.33. The Balaban J connectivity index is 1.75. The maximum atomic E-state index is 12.1. The highest BCUT2D eigenvalue weighted by atomic mass is 32.1. The normalized spacial score (nSPS) is 17.7.